The largest absolute Gasteiger partial charge is 0.494 e. The van der Waals surface area contributed by atoms with E-state index in [9.17, 15) is 9.59 Å². The second-order valence-electron chi connectivity index (χ2n) is 11.3. The van der Waals surface area contributed by atoms with Gasteiger partial charge in [-0.1, -0.05) is 49.2 Å². The molecule has 3 heterocycles. The Balaban J connectivity index is 1.33. The number of nitrogens with one attached hydrogen (secondary N) is 2. The number of carbonyl (C=O) groups is 2. The highest BCUT2D eigenvalue weighted by Gasteiger charge is 2.33. The molecule has 1 saturated heterocycles. The van der Waals surface area contributed by atoms with Crippen LogP contribution in [0.15, 0.2) is 67.3 Å². The van der Waals surface area contributed by atoms with Crippen molar-refractivity contribution in [2.45, 2.75) is 45.6 Å². The maximum absolute atomic E-state index is 13.4. The summed E-state index contributed by atoms with van der Waals surface area (Å²) in [6, 6.07) is 14.2. The van der Waals surface area contributed by atoms with E-state index in [1.54, 1.807) is 46.4 Å². The molecular formula is C33H38Cl2N8O3. The number of ether oxygens (including phenoxy) is 1. The smallest absolute Gasteiger partial charge is 0.321 e. The number of anilines is 2. The molecule has 4 aromatic rings. The number of carbonyl (C=O) groups excluding carboxylic acids is 2. The number of amides is 3. The molecule has 0 aliphatic carbocycles. The Morgan fingerprint density at radius 3 is 2.54 bits per heavy atom. The zero-order chi connectivity index (χ0) is 32.6. The quantitative estimate of drug-likeness (QED) is 0.203. The van der Waals surface area contributed by atoms with E-state index in [2.05, 4.69) is 34.4 Å². The number of benzene rings is 2. The molecule has 11 nitrogen and oxygen atoms in total. The number of halogens is 2. The van der Waals surface area contributed by atoms with E-state index in [-0.39, 0.29) is 30.3 Å². The van der Waals surface area contributed by atoms with Crippen molar-refractivity contribution in [1.29, 1.82) is 0 Å². The lowest BCUT2D eigenvalue weighted by Crippen LogP contribution is -2.57. The van der Waals surface area contributed by atoms with E-state index >= 15 is 0 Å². The first-order valence-electron chi connectivity index (χ1n) is 15.3. The van der Waals surface area contributed by atoms with E-state index in [1.807, 2.05) is 37.3 Å². The van der Waals surface area contributed by atoms with Gasteiger partial charge in [0.15, 0.2) is 0 Å². The van der Waals surface area contributed by atoms with Crippen LogP contribution in [0.5, 0.6) is 5.75 Å². The maximum Gasteiger partial charge on any atom is 0.321 e. The number of aromatic nitrogens is 4. The van der Waals surface area contributed by atoms with E-state index in [1.165, 1.54) is 0 Å². The fraction of sp³-hybridized carbons (Fsp3) is 0.364. The first-order chi connectivity index (χ1) is 22.2. The van der Waals surface area contributed by atoms with Crippen LogP contribution in [0.3, 0.4) is 0 Å². The van der Waals surface area contributed by atoms with Gasteiger partial charge in [-0.2, -0.15) is 4.98 Å². The molecule has 2 N–H and O–H groups in total. The van der Waals surface area contributed by atoms with Crippen molar-refractivity contribution in [1.82, 2.24) is 29.7 Å². The van der Waals surface area contributed by atoms with Gasteiger partial charge in [0.2, 0.25) is 11.9 Å². The molecule has 1 aliphatic heterocycles. The summed E-state index contributed by atoms with van der Waals surface area (Å²) in [6.07, 6.45) is 5.98. The minimum absolute atomic E-state index is 0.111. The van der Waals surface area contributed by atoms with Crippen molar-refractivity contribution < 1.29 is 14.3 Å². The topological polar surface area (TPSA) is 118 Å². The molecule has 5 rings (SSSR count). The number of imidazole rings is 1. The zero-order valence-electron chi connectivity index (χ0n) is 26.1. The number of nitrogens with zero attached hydrogens (tertiary/aromatic N) is 6. The molecule has 13 heteroatoms. The Kier molecular flexibility index (Phi) is 11.0. The minimum atomic E-state index is -0.343. The van der Waals surface area contributed by atoms with E-state index in [4.69, 9.17) is 37.9 Å². The van der Waals surface area contributed by atoms with Crippen molar-refractivity contribution in [3.63, 3.8) is 0 Å². The molecule has 0 spiro atoms. The van der Waals surface area contributed by atoms with Crippen LogP contribution in [0.4, 0.5) is 16.3 Å². The normalized spacial score (nSPS) is 14.8. The number of hydrogen-bond acceptors (Lipinski definition) is 7. The maximum atomic E-state index is 13.4. The summed E-state index contributed by atoms with van der Waals surface area (Å²) in [5, 5.41) is 6.72. The molecule has 46 heavy (non-hydrogen) atoms. The van der Waals surface area contributed by atoms with Gasteiger partial charge in [-0.3, -0.25) is 9.36 Å². The Labute approximate surface area is 278 Å². The summed E-state index contributed by atoms with van der Waals surface area (Å²) in [5.41, 5.74) is 2.50. The summed E-state index contributed by atoms with van der Waals surface area (Å²) < 4.78 is 7.28. The number of urea groups is 1. The van der Waals surface area contributed by atoms with Crippen molar-refractivity contribution in [3.05, 3.63) is 88.6 Å². The molecule has 0 radical (unpaired) electrons. The van der Waals surface area contributed by atoms with Crippen molar-refractivity contribution >= 4 is 46.6 Å². The zero-order valence-corrected chi connectivity index (χ0v) is 27.6. The Morgan fingerprint density at radius 1 is 1.04 bits per heavy atom. The summed E-state index contributed by atoms with van der Waals surface area (Å²) in [6.45, 7) is 8.39. The van der Waals surface area contributed by atoms with E-state index in [0.29, 0.717) is 66.7 Å². The predicted octanol–water partition coefficient (Wildman–Crippen LogP) is 5.96. The lowest BCUT2D eigenvalue weighted by molar-refractivity contribution is -0.121. The number of rotatable bonds is 11. The van der Waals surface area contributed by atoms with E-state index < -0.39 is 0 Å². The van der Waals surface area contributed by atoms with Gasteiger partial charge in [0, 0.05) is 56.7 Å². The first kappa shape index (κ1) is 33.0. The molecule has 1 fully saturated rings. The Hall–Kier alpha value is -4.35. The molecule has 0 saturated carbocycles. The monoisotopic (exact) mass is 664 g/mol. The number of piperazine rings is 1. The van der Waals surface area contributed by atoms with Gasteiger partial charge in [0.25, 0.3) is 0 Å². The third-order valence-corrected chi connectivity index (χ3v) is 8.41. The standard InChI is InChI=1S/C33H38Cl2N8O3/c1-4-46-26-8-5-23(6-9-26)11-12-37-31(44)18-25-20-41(33(45)38-24-7-10-27(34)28(35)17-24)15-16-43(25)30-19-29(22(2)3)39-32(40-30)42-14-13-36-21-42/h5-10,13-14,17,19,21-22,25H,4,11-12,15-16,18,20H2,1-3H3,(H,37,44)(H,38,45). The van der Waals surface area contributed by atoms with Crippen molar-refractivity contribution in [2.24, 2.45) is 0 Å². The molecule has 1 unspecified atom stereocenters. The van der Waals surface area contributed by atoms with Crippen LogP contribution < -0.4 is 20.3 Å². The molecule has 2 aromatic carbocycles. The summed E-state index contributed by atoms with van der Waals surface area (Å²) in [7, 11) is 0. The van der Waals surface area contributed by atoms with Crippen molar-refractivity contribution in [2.75, 3.05) is 43.0 Å². The molecule has 1 atom stereocenters. The molecule has 0 bridgehead atoms. The third kappa shape index (κ3) is 8.46. The van der Waals surface area contributed by atoms with E-state index in [0.717, 1.165) is 17.0 Å². The Morgan fingerprint density at radius 2 is 1.85 bits per heavy atom. The van der Waals surface area contributed by atoms with Gasteiger partial charge in [-0.05, 0) is 55.2 Å². The van der Waals surface area contributed by atoms with Gasteiger partial charge in [-0.15, -0.1) is 0 Å². The minimum Gasteiger partial charge on any atom is -0.494 e. The molecule has 1 aliphatic rings. The second kappa shape index (κ2) is 15.3. The van der Waals surface area contributed by atoms with Crippen LogP contribution in [0.25, 0.3) is 5.95 Å². The summed E-state index contributed by atoms with van der Waals surface area (Å²) in [4.78, 5) is 44.3. The predicted molar refractivity (Wildman–Crippen MR) is 180 cm³/mol. The third-order valence-electron chi connectivity index (χ3n) is 7.67. The highest BCUT2D eigenvalue weighted by Crippen LogP contribution is 2.27. The van der Waals surface area contributed by atoms with Crippen LogP contribution in [0.1, 0.15) is 44.4 Å². The van der Waals surface area contributed by atoms with Gasteiger partial charge in [0.05, 0.1) is 28.4 Å². The SMILES string of the molecule is CCOc1ccc(CCNC(=O)CC2CN(C(=O)Nc3ccc(Cl)c(Cl)c3)CCN2c2cc(C(C)C)nc(-n3ccnc3)n2)cc1. The van der Waals surface area contributed by atoms with Gasteiger partial charge < -0.3 is 25.2 Å². The second-order valence-corrected chi connectivity index (χ2v) is 12.1. The van der Waals surface area contributed by atoms with Gasteiger partial charge >= 0.3 is 6.03 Å². The molecule has 3 amide bonds. The van der Waals surface area contributed by atoms with Crippen LogP contribution in [-0.4, -0.2) is 75.2 Å². The molecule has 242 valence electrons. The fourth-order valence-corrected chi connectivity index (χ4v) is 5.52. The molecular weight excluding hydrogens is 627 g/mol. The van der Waals surface area contributed by atoms with Crippen LogP contribution in [-0.2, 0) is 11.2 Å². The van der Waals surface area contributed by atoms with Crippen LogP contribution in [0.2, 0.25) is 10.0 Å². The van der Waals surface area contributed by atoms with Crippen LogP contribution >= 0.6 is 23.2 Å². The lowest BCUT2D eigenvalue weighted by atomic mass is 10.1. The lowest BCUT2D eigenvalue weighted by Gasteiger charge is -2.42. The first-order valence-corrected chi connectivity index (χ1v) is 16.1. The highest BCUT2D eigenvalue weighted by molar-refractivity contribution is 6.42. The summed E-state index contributed by atoms with van der Waals surface area (Å²) in [5.74, 6) is 2.05. The Bertz CT molecular complexity index is 1630. The average molecular weight is 666 g/mol. The number of hydrogen-bond donors (Lipinski definition) is 2. The fourth-order valence-electron chi connectivity index (χ4n) is 5.22. The molecule has 2 aromatic heterocycles. The average Bonchev–Trinajstić information content (AvgIpc) is 3.59. The highest BCUT2D eigenvalue weighted by atomic mass is 35.5. The van der Waals surface area contributed by atoms with Crippen molar-refractivity contribution in [3.8, 4) is 11.7 Å². The van der Waals surface area contributed by atoms with Gasteiger partial charge in [-0.25, -0.2) is 14.8 Å². The van der Waals surface area contributed by atoms with Crippen LogP contribution in [0, 0.1) is 0 Å². The summed E-state index contributed by atoms with van der Waals surface area (Å²) >= 11 is 12.2. The van der Waals surface area contributed by atoms with Gasteiger partial charge in [0.1, 0.15) is 17.9 Å².